The van der Waals surface area contributed by atoms with Crippen LogP contribution in [0.4, 0.5) is 0 Å². The normalized spacial score (nSPS) is 18.2. The maximum atomic E-state index is 12.5. The summed E-state index contributed by atoms with van der Waals surface area (Å²) in [7, 11) is 0. The first kappa shape index (κ1) is 14.4. The number of carbonyl (C=O) groups is 1. The van der Waals surface area contributed by atoms with Gasteiger partial charge in [0.25, 0.3) is 5.91 Å². The van der Waals surface area contributed by atoms with Crippen molar-refractivity contribution >= 4 is 17.7 Å². The van der Waals surface area contributed by atoms with E-state index < -0.39 is 0 Å². The molecule has 2 nitrogen and oxygen atoms in total. The van der Waals surface area contributed by atoms with Crippen LogP contribution in [0.2, 0.25) is 0 Å². The van der Waals surface area contributed by atoms with Gasteiger partial charge < -0.3 is 4.90 Å². The molecule has 104 valence electrons. The molecule has 0 saturated carbocycles. The van der Waals surface area contributed by atoms with Crippen molar-refractivity contribution in [3.05, 3.63) is 35.4 Å². The molecule has 0 saturated heterocycles. The van der Waals surface area contributed by atoms with E-state index in [0.29, 0.717) is 5.92 Å². The number of rotatable bonds is 6. The van der Waals surface area contributed by atoms with E-state index in [9.17, 15) is 4.79 Å². The molecule has 0 radical (unpaired) electrons. The smallest absolute Gasteiger partial charge is 0.255 e. The summed E-state index contributed by atoms with van der Waals surface area (Å²) in [4.78, 5) is 14.6. The van der Waals surface area contributed by atoms with E-state index in [0.717, 1.165) is 30.7 Å². The Hall–Kier alpha value is -0.960. The summed E-state index contributed by atoms with van der Waals surface area (Å²) < 4.78 is 0. The van der Waals surface area contributed by atoms with E-state index in [4.69, 9.17) is 0 Å². The van der Waals surface area contributed by atoms with Gasteiger partial charge >= 0.3 is 0 Å². The Morgan fingerprint density at radius 1 is 1.32 bits per heavy atom. The lowest BCUT2D eigenvalue weighted by molar-refractivity contribution is 0.0766. The van der Waals surface area contributed by atoms with Crippen LogP contribution in [0.5, 0.6) is 0 Å². The molecule has 2 rings (SSSR count). The molecule has 1 aromatic rings. The molecule has 0 aromatic heterocycles. The molecule has 1 unspecified atom stereocenters. The quantitative estimate of drug-likeness (QED) is 0.771. The average Bonchev–Trinajstić information content (AvgIpc) is 2.67. The molecule has 0 spiro atoms. The molecule has 1 heterocycles. The fourth-order valence-corrected chi connectivity index (χ4v) is 3.59. The van der Waals surface area contributed by atoms with Crippen molar-refractivity contribution in [1.82, 2.24) is 4.90 Å². The fourth-order valence-electron chi connectivity index (χ4n) is 2.36. The molecule has 1 aliphatic rings. The van der Waals surface area contributed by atoms with Crippen LogP contribution in [0.1, 0.15) is 54.9 Å². The molecule has 3 heteroatoms. The lowest BCUT2D eigenvalue weighted by Crippen LogP contribution is -2.28. The molecular formula is C16H23NOS. The van der Waals surface area contributed by atoms with Crippen LogP contribution in [0.25, 0.3) is 0 Å². The van der Waals surface area contributed by atoms with Gasteiger partial charge in [-0.3, -0.25) is 4.79 Å². The molecule has 0 bridgehead atoms. The third kappa shape index (κ3) is 3.14. The van der Waals surface area contributed by atoms with Gasteiger partial charge in [0.15, 0.2) is 0 Å². The summed E-state index contributed by atoms with van der Waals surface area (Å²) in [6.07, 6.45) is 2.22. The van der Waals surface area contributed by atoms with Crippen LogP contribution in [0, 0.1) is 5.92 Å². The molecule has 0 N–H and O–H groups in total. The standard InChI is InChI=1S/C16H23NOS/c1-4-11-19-16-14-8-6-5-7-13(14)15(18)17(16)10-9-12(2)3/h5-8,12,16H,4,9-11H2,1-3H3. The van der Waals surface area contributed by atoms with Crippen LogP contribution in [0.3, 0.4) is 0 Å². The zero-order chi connectivity index (χ0) is 13.8. The van der Waals surface area contributed by atoms with E-state index in [-0.39, 0.29) is 11.3 Å². The summed E-state index contributed by atoms with van der Waals surface area (Å²) in [5, 5.41) is 0.224. The highest BCUT2D eigenvalue weighted by atomic mass is 32.2. The largest absolute Gasteiger partial charge is 0.322 e. The van der Waals surface area contributed by atoms with Crippen LogP contribution in [0.15, 0.2) is 24.3 Å². The van der Waals surface area contributed by atoms with Gasteiger partial charge in [0, 0.05) is 12.1 Å². The molecule has 1 atom stereocenters. The predicted octanol–water partition coefficient (Wildman–Crippen LogP) is 4.33. The maximum absolute atomic E-state index is 12.5. The second kappa shape index (κ2) is 6.47. The first-order valence-electron chi connectivity index (χ1n) is 7.16. The van der Waals surface area contributed by atoms with Gasteiger partial charge in [-0.1, -0.05) is 39.0 Å². The number of fused-ring (bicyclic) bond motifs is 1. The van der Waals surface area contributed by atoms with Crippen LogP contribution < -0.4 is 0 Å². The van der Waals surface area contributed by atoms with E-state index in [1.54, 1.807) is 0 Å². The van der Waals surface area contributed by atoms with Crippen molar-refractivity contribution in [2.75, 3.05) is 12.3 Å². The Bertz CT molecular complexity index is 444. The van der Waals surface area contributed by atoms with Gasteiger partial charge in [-0.25, -0.2) is 0 Å². The third-order valence-electron chi connectivity index (χ3n) is 3.43. The van der Waals surface area contributed by atoms with Gasteiger partial charge in [0.05, 0.1) is 0 Å². The highest BCUT2D eigenvalue weighted by Gasteiger charge is 2.35. The van der Waals surface area contributed by atoms with Gasteiger partial charge in [0.2, 0.25) is 0 Å². The molecule has 1 aliphatic heterocycles. The number of thioether (sulfide) groups is 1. The van der Waals surface area contributed by atoms with E-state index in [2.05, 4.69) is 31.7 Å². The number of amides is 1. The van der Waals surface area contributed by atoms with E-state index in [1.165, 1.54) is 5.56 Å². The Balaban J connectivity index is 2.19. The lowest BCUT2D eigenvalue weighted by atomic mass is 10.1. The van der Waals surface area contributed by atoms with Gasteiger partial charge in [-0.05, 0) is 36.1 Å². The monoisotopic (exact) mass is 277 g/mol. The molecule has 1 amide bonds. The molecular weight excluding hydrogens is 254 g/mol. The molecule has 1 aromatic carbocycles. The van der Waals surface area contributed by atoms with Crippen molar-refractivity contribution in [3.63, 3.8) is 0 Å². The van der Waals surface area contributed by atoms with Crippen molar-refractivity contribution < 1.29 is 4.79 Å². The Morgan fingerprint density at radius 2 is 2.05 bits per heavy atom. The van der Waals surface area contributed by atoms with E-state index in [1.807, 2.05) is 30.0 Å². The first-order valence-corrected chi connectivity index (χ1v) is 8.21. The maximum Gasteiger partial charge on any atom is 0.255 e. The highest BCUT2D eigenvalue weighted by molar-refractivity contribution is 7.99. The van der Waals surface area contributed by atoms with Gasteiger partial charge in [-0.2, -0.15) is 0 Å². The fraction of sp³-hybridized carbons (Fsp3) is 0.562. The predicted molar refractivity (Wildman–Crippen MR) is 82.4 cm³/mol. The van der Waals surface area contributed by atoms with Crippen LogP contribution in [-0.2, 0) is 0 Å². The van der Waals surface area contributed by atoms with Crippen molar-refractivity contribution in [2.24, 2.45) is 5.92 Å². The zero-order valence-corrected chi connectivity index (χ0v) is 12.9. The Kier molecular flexibility index (Phi) is 4.92. The van der Waals surface area contributed by atoms with Crippen LogP contribution >= 0.6 is 11.8 Å². The minimum absolute atomic E-state index is 0.213. The minimum Gasteiger partial charge on any atom is -0.322 e. The summed E-state index contributed by atoms with van der Waals surface area (Å²) in [5.74, 6) is 1.95. The van der Waals surface area contributed by atoms with Crippen molar-refractivity contribution in [3.8, 4) is 0 Å². The zero-order valence-electron chi connectivity index (χ0n) is 12.1. The number of hydrogen-bond donors (Lipinski definition) is 0. The average molecular weight is 277 g/mol. The van der Waals surface area contributed by atoms with E-state index >= 15 is 0 Å². The molecule has 0 fully saturated rings. The lowest BCUT2D eigenvalue weighted by Gasteiger charge is -2.25. The SMILES string of the molecule is CCCSC1c2ccccc2C(=O)N1CCC(C)C. The Morgan fingerprint density at radius 3 is 2.74 bits per heavy atom. The van der Waals surface area contributed by atoms with Crippen molar-refractivity contribution in [1.29, 1.82) is 0 Å². The Labute approximate surface area is 120 Å². The number of benzene rings is 1. The minimum atomic E-state index is 0.213. The number of carbonyl (C=O) groups excluding carboxylic acids is 1. The van der Waals surface area contributed by atoms with Gasteiger partial charge in [-0.15, -0.1) is 11.8 Å². The number of hydrogen-bond acceptors (Lipinski definition) is 2. The number of nitrogens with zero attached hydrogens (tertiary/aromatic N) is 1. The summed E-state index contributed by atoms with van der Waals surface area (Å²) in [5.41, 5.74) is 2.11. The second-order valence-corrected chi connectivity index (χ2v) is 6.68. The third-order valence-corrected chi connectivity index (χ3v) is 4.90. The van der Waals surface area contributed by atoms with Crippen LogP contribution in [-0.4, -0.2) is 23.1 Å². The highest BCUT2D eigenvalue weighted by Crippen LogP contribution is 2.41. The van der Waals surface area contributed by atoms with Crippen molar-refractivity contribution in [2.45, 2.75) is 39.0 Å². The first-order chi connectivity index (χ1) is 9.15. The second-order valence-electron chi connectivity index (χ2n) is 5.49. The summed E-state index contributed by atoms with van der Waals surface area (Å²) >= 11 is 1.90. The van der Waals surface area contributed by atoms with Gasteiger partial charge in [0.1, 0.15) is 5.37 Å². The summed E-state index contributed by atoms with van der Waals surface area (Å²) in [6.45, 7) is 7.48. The molecule has 19 heavy (non-hydrogen) atoms. The summed E-state index contributed by atoms with van der Waals surface area (Å²) in [6, 6.07) is 8.07. The topological polar surface area (TPSA) is 20.3 Å². The molecule has 0 aliphatic carbocycles.